The molecule has 5 nitrogen and oxygen atoms in total. The summed E-state index contributed by atoms with van der Waals surface area (Å²) in [5.74, 6) is -0.609. The largest absolute Gasteiger partial charge is 0.351 e. The highest BCUT2D eigenvalue weighted by Crippen LogP contribution is 2.44. The summed E-state index contributed by atoms with van der Waals surface area (Å²) in [5, 5.41) is 14.5. The van der Waals surface area contributed by atoms with Crippen molar-refractivity contribution in [1.29, 1.82) is 0 Å². The second-order valence-electron chi connectivity index (χ2n) is 5.29. The molecule has 0 spiro atoms. The minimum Gasteiger partial charge on any atom is -0.319 e. The Bertz CT molecular complexity index is 770. The maximum atomic E-state index is 12.5. The summed E-state index contributed by atoms with van der Waals surface area (Å²) in [5.41, 5.74) is 1.06. The van der Waals surface area contributed by atoms with Crippen LogP contribution in [0, 0.1) is 24.0 Å². The highest BCUT2D eigenvalue weighted by molar-refractivity contribution is 6.07. The molecule has 0 saturated carbocycles. The third kappa shape index (κ3) is 1.67. The molecule has 1 atom stereocenters. The van der Waals surface area contributed by atoms with Gasteiger partial charge in [0.05, 0.1) is 11.3 Å². The Hall–Kier alpha value is -2.69. The van der Waals surface area contributed by atoms with Gasteiger partial charge in [-0.3, -0.25) is 14.9 Å². The summed E-state index contributed by atoms with van der Waals surface area (Å²) in [6.07, 6.45) is 0. The van der Waals surface area contributed by atoms with Gasteiger partial charge in [0.25, 0.3) is 0 Å². The fourth-order valence-electron chi connectivity index (χ4n) is 2.92. The molecule has 106 valence electrons. The van der Waals surface area contributed by atoms with Crippen LogP contribution in [0.5, 0.6) is 0 Å². The smallest absolute Gasteiger partial charge is 0.319 e. The summed E-state index contributed by atoms with van der Waals surface area (Å²) in [7, 11) is 0. The van der Waals surface area contributed by atoms with Gasteiger partial charge in [-0.2, -0.15) is 0 Å². The van der Waals surface area contributed by atoms with E-state index in [1.807, 2.05) is 19.1 Å². The molecule has 2 aromatic carbocycles. The molecule has 0 radical (unpaired) electrons. The van der Waals surface area contributed by atoms with E-state index in [1.54, 1.807) is 37.3 Å². The number of aryl methyl sites for hydroxylation is 2. The monoisotopic (exact) mass is 282 g/mol. The first-order valence-electron chi connectivity index (χ1n) is 6.61. The standard InChI is InChI=1S/C16H14N2O3/c1-10-7-8-11(2)13(9-10)16(18(20)21)12-5-3-4-6-14(12)17-15(16)19/h3-9H,1-2H3,(H,17,19). The molecule has 1 aliphatic rings. The van der Waals surface area contributed by atoms with Crippen LogP contribution in [0.15, 0.2) is 42.5 Å². The predicted octanol–water partition coefficient (Wildman–Crippen LogP) is 2.78. The summed E-state index contributed by atoms with van der Waals surface area (Å²) >= 11 is 0. The average molecular weight is 282 g/mol. The minimum absolute atomic E-state index is 0.397. The lowest BCUT2D eigenvalue weighted by molar-refractivity contribution is -0.546. The number of anilines is 1. The molecule has 3 rings (SSSR count). The minimum atomic E-state index is -1.87. The number of amides is 1. The lowest BCUT2D eigenvalue weighted by Crippen LogP contribution is -2.43. The lowest BCUT2D eigenvalue weighted by Gasteiger charge is -2.21. The molecule has 2 aromatic rings. The fourth-order valence-corrected chi connectivity index (χ4v) is 2.92. The number of carbonyl (C=O) groups is 1. The lowest BCUT2D eigenvalue weighted by atomic mass is 9.81. The van der Waals surface area contributed by atoms with Gasteiger partial charge >= 0.3 is 11.4 Å². The summed E-state index contributed by atoms with van der Waals surface area (Å²) in [4.78, 5) is 23.9. The predicted molar refractivity (Wildman–Crippen MR) is 78.8 cm³/mol. The summed E-state index contributed by atoms with van der Waals surface area (Å²) in [6.45, 7) is 3.64. The van der Waals surface area contributed by atoms with Gasteiger partial charge in [0.1, 0.15) is 0 Å². The normalized spacial score (nSPS) is 20.0. The Labute approximate surface area is 121 Å². The number of para-hydroxylation sites is 1. The highest BCUT2D eigenvalue weighted by Gasteiger charge is 2.60. The summed E-state index contributed by atoms with van der Waals surface area (Å²) in [6, 6.07) is 12.2. The molecule has 21 heavy (non-hydrogen) atoms. The first-order chi connectivity index (χ1) is 9.97. The molecule has 0 saturated heterocycles. The Morgan fingerprint density at radius 3 is 2.52 bits per heavy atom. The second-order valence-corrected chi connectivity index (χ2v) is 5.29. The van der Waals surface area contributed by atoms with Crippen LogP contribution in [0.2, 0.25) is 0 Å². The number of carbonyl (C=O) groups excluding carboxylic acids is 1. The van der Waals surface area contributed by atoms with Crippen molar-refractivity contribution in [2.45, 2.75) is 19.4 Å². The molecule has 0 fully saturated rings. The van der Waals surface area contributed by atoms with Gasteiger partial charge in [-0.1, -0.05) is 29.8 Å². The maximum absolute atomic E-state index is 12.5. The number of nitro groups is 1. The van der Waals surface area contributed by atoms with Gasteiger partial charge in [0.2, 0.25) is 0 Å². The fraction of sp³-hybridized carbons (Fsp3) is 0.188. The SMILES string of the molecule is Cc1ccc(C)c(C2([N+](=O)[O-])C(=O)Nc3ccccc32)c1. The van der Waals surface area contributed by atoms with Crippen molar-refractivity contribution in [2.24, 2.45) is 0 Å². The maximum Gasteiger partial charge on any atom is 0.351 e. The van der Waals surface area contributed by atoms with Crippen LogP contribution < -0.4 is 5.32 Å². The highest BCUT2D eigenvalue weighted by atomic mass is 16.6. The van der Waals surface area contributed by atoms with E-state index in [0.29, 0.717) is 16.8 Å². The number of rotatable bonds is 2. The summed E-state index contributed by atoms with van der Waals surface area (Å²) < 4.78 is 0. The molecule has 0 aliphatic carbocycles. The van der Waals surface area contributed by atoms with Crippen LogP contribution in [-0.4, -0.2) is 10.8 Å². The van der Waals surface area contributed by atoms with Crippen molar-refractivity contribution in [3.05, 3.63) is 74.8 Å². The van der Waals surface area contributed by atoms with Gasteiger partial charge in [-0.05, 0) is 37.6 Å². The third-order valence-electron chi connectivity index (χ3n) is 3.95. The zero-order valence-electron chi connectivity index (χ0n) is 11.7. The average Bonchev–Trinajstić information content (AvgIpc) is 2.74. The molecular weight excluding hydrogens is 268 g/mol. The number of hydrogen-bond donors (Lipinski definition) is 1. The van der Waals surface area contributed by atoms with Crippen LogP contribution >= 0.6 is 0 Å². The van der Waals surface area contributed by atoms with E-state index >= 15 is 0 Å². The van der Waals surface area contributed by atoms with E-state index in [1.165, 1.54) is 0 Å². The first-order valence-corrected chi connectivity index (χ1v) is 6.61. The van der Waals surface area contributed by atoms with E-state index in [2.05, 4.69) is 5.32 Å². The molecule has 0 aromatic heterocycles. The Balaban J connectivity index is 2.40. The van der Waals surface area contributed by atoms with E-state index < -0.39 is 16.4 Å². The van der Waals surface area contributed by atoms with Crippen molar-refractivity contribution in [2.75, 3.05) is 5.32 Å². The van der Waals surface area contributed by atoms with E-state index in [4.69, 9.17) is 0 Å². The number of fused-ring (bicyclic) bond motifs is 1. The van der Waals surface area contributed by atoms with Crippen LogP contribution in [0.25, 0.3) is 0 Å². The van der Waals surface area contributed by atoms with E-state index in [-0.39, 0.29) is 0 Å². The Kier molecular flexibility index (Phi) is 2.79. The zero-order valence-corrected chi connectivity index (χ0v) is 11.7. The molecule has 1 N–H and O–H groups in total. The van der Waals surface area contributed by atoms with E-state index in [9.17, 15) is 14.9 Å². The van der Waals surface area contributed by atoms with Gasteiger partial charge < -0.3 is 5.32 Å². The van der Waals surface area contributed by atoms with Gasteiger partial charge in [-0.15, -0.1) is 0 Å². The van der Waals surface area contributed by atoms with Crippen molar-refractivity contribution in [3.8, 4) is 0 Å². The first kappa shape index (κ1) is 13.3. The number of nitrogens with one attached hydrogen (secondary N) is 1. The van der Waals surface area contributed by atoms with Crippen LogP contribution in [0.1, 0.15) is 22.3 Å². The van der Waals surface area contributed by atoms with Crippen molar-refractivity contribution >= 4 is 11.6 Å². The van der Waals surface area contributed by atoms with Crippen molar-refractivity contribution in [3.63, 3.8) is 0 Å². The molecular formula is C16H14N2O3. The zero-order chi connectivity index (χ0) is 15.2. The van der Waals surface area contributed by atoms with Gasteiger partial charge in [0, 0.05) is 10.5 Å². The van der Waals surface area contributed by atoms with Crippen molar-refractivity contribution in [1.82, 2.24) is 0 Å². The van der Waals surface area contributed by atoms with Crippen LogP contribution in [0.4, 0.5) is 5.69 Å². The molecule has 1 heterocycles. The molecule has 5 heteroatoms. The van der Waals surface area contributed by atoms with Crippen LogP contribution in [-0.2, 0) is 10.3 Å². The molecule has 1 amide bonds. The van der Waals surface area contributed by atoms with Gasteiger partial charge in [0.15, 0.2) is 0 Å². The van der Waals surface area contributed by atoms with Crippen LogP contribution in [0.3, 0.4) is 0 Å². The third-order valence-corrected chi connectivity index (χ3v) is 3.95. The van der Waals surface area contributed by atoms with Crippen molar-refractivity contribution < 1.29 is 9.72 Å². The molecule has 0 bridgehead atoms. The molecule has 1 unspecified atom stereocenters. The Morgan fingerprint density at radius 1 is 1.10 bits per heavy atom. The Morgan fingerprint density at radius 2 is 1.81 bits per heavy atom. The topological polar surface area (TPSA) is 72.2 Å². The second kappa shape index (κ2) is 4.41. The quantitative estimate of drug-likeness (QED) is 0.680. The van der Waals surface area contributed by atoms with Gasteiger partial charge in [-0.25, -0.2) is 0 Å². The van der Waals surface area contributed by atoms with E-state index in [0.717, 1.165) is 11.1 Å². The molecule has 1 aliphatic heterocycles. The number of benzene rings is 2. The number of nitrogens with zero attached hydrogens (tertiary/aromatic N) is 1. The number of hydrogen-bond acceptors (Lipinski definition) is 3.